The Bertz CT molecular complexity index is 980. The van der Waals surface area contributed by atoms with Crippen LogP contribution >= 0.6 is 0 Å². The van der Waals surface area contributed by atoms with Gasteiger partial charge >= 0.3 is 0 Å². The minimum Gasteiger partial charge on any atom is -0.362 e. The molecule has 0 spiro atoms. The summed E-state index contributed by atoms with van der Waals surface area (Å²) in [6.07, 6.45) is 7.71. The van der Waals surface area contributed by atoms with E-state index < -0.39 is 0 Å². The number of nitrogens with zero attached hydrogens (tertiary/aromatic N) is 6. The van der Waals surface area contributed by atoms with E-state index in [9.17, 15) is 4.79 Å². The van der Waals surface area contributed by atoms with Gasteiger partial charge in [-0.25, -0.2) is 4.98 Å². The van der Waals surface area contributed by atoms with Crippen LogP contribution in [0.2, 0.25) is 0 Å². The molecule has 7 nitrogen and oxygen atoms in total. The van der Waals surface area contributed by atoms with Crippen LogP contribution in [-0.2, 0) is 24.2 Å². The summed E-state index contributed by atoms with van der Waals surface area (Å²) in [7, 11) is 4.08. The van der Waals surface area contributed by atoms with Gasteiger partial charge in [-0.2, -0.15) is 4.98 Å². The molecule has 1 aromatic heterocycles. The van der Waals surface area contributed by atoms with Crippen molar-refractivity contribution in [3.63, 3.8) is 0 Å². The number of anilines is 2. The molecule has 2 aromatic rings. The second-order valence-corrected chi connectivity index (χ2v) is 10.2. The van der Waals surface area contributed by atoms with Gasteiger partial charge in [-0.3, -0.25) is 4.79 Å². The number of fused-ring (bicyclic) bond motifs is 1. The average Bonchev–Trinajstić information content (AvgIpc) is 2.89. The van der Waals surface area contributed by atoms with E-state index in [0.29, 0.717) is 19.0 Å². The molecule has 3 aliphatic heterocycles. The van der Waals surface area contributed by atoms with Crippen LogP contribution in [0.1, 0.15) is 48.9 Å². The van der Waals surface area contributed by atoms with Crippen LogP contribution in [0.5, 0.6) is 0 Å². The minimum atomic E-state index is 0.172. The van der Waals surface area contributed by atoms with Crippen molar-refractivity contribution in [1.29, 1.82) is 0 Å². The van der Waals surface area contributed by atoms with Crippen molar-refractivity contribution >= 4 is 17.7 Å². The van der Waals surface area contributed by atoms with Gasteiger partial charge in [0.05, 0.1) is 18.7 Å². The van der Waals surface area contributed by atoms with Gasteiger partial charge < -0.3 is 19.6 Å². The first kappa shape index (κ1) is 23.1. The average molecular weight is 463 g/mol. The summed E-state index contributed by atoms with van der Waals surface area (Å²) < 4.78 is 0. The number of amides is 1. The maximum Gasteiger partial charge on any atom is 0.227 e. The predicted octanol–water partition coefficient (Wildman–Crippen LogP) is 3.12. The van der Waals surface area contributed by atoms with Crippen LogP contribution in [-0.4, -0.2) is 78.5 Å². The summed E-state index contributed by atoms with van der Waals surface area (Å²) in [4.78, 5) is 32.2. The molecule has 1 amide bonds. The zero-order valence-electron chi connectivity index (χ0n) is 20.7. The fourth-order valence-corrected chi connectivity index (χ4v) is 5.71. The lowest BCUT2D eigenvalue weighted by Crippen LogP contribution is -2.47. The third kappa shape index (κ3) is 5.04. The molecule has 2 fully saturated rings. The third-order valence-electron chi connectivity index (χ3n) is 7.66. The predicted molar refractivity (Wildman–Crippen MR) is 136 cm³/mol. The summed E-state index contributed by atoms with van der Waals surface area (Å²) in [5.41, 5.74) is 3.27. The number of rotatable bonds is 5. The Kier molecular flexibility index (Phi) is 6.99. The van der Waals surface area contributed by atoms with Crippen molar-refractivity contribution in [2.45, 2.75) is 57.5 Å². The largest absolute Gasteiger partial charge is 0.362 e. The Labute approximate surface area is 203 Å². The van der Waals surface area contributed by atoms with Gasteiger partial charge in [0, 0.05) is 51.8 Å². The van der Waals surface area contributed by atoms with Crippen molar-refractivity contribution < 1.29 is 4.79 Å². The van der Waals surface area contributed by atoms with E-state index in [1.165, 1.54) is 45.2 Å². The number of likely N-dealkylation sites (tertiary alicyclic amines) is 1. The van der Waals surface area contributed by atoms with Crippen LogP contribution in [0.15, 0.2) is 30.3 Å². The third-order valence-corrected chi connectivity index (χ3v) is 7.66. The zero-order chi connectivity index (χ0) is 23.5. The van der Waals surface area contributed by atoms with Gasteiger partial charge in [-0.15, -0.1) is 0 Å². The zero-order valence-corrected chi connectivity index (χ0v) is 20.7. The fraction of sp³-hybridized carbons (Fsp3) is 0.593. The van der Waals surface area contributed by atoms with E-state index in [1.807, 2.05) is 49.3 Å². The molecule has 0 N–H and O–H groups in total. The summed E-state index contributed by atoms with van der Waals surface area (Å²) in [5, 5.41) is 0. The maximum absolute atomic E-state index is 13.0. The van der Waals surface area contributed by atoms with Gasteiger partial charge in [0.25, 0.3) is 0 Å². The Morgan fingerprint density at radius 1 is 0.971 bits per heavy atom. The first-order valence-corrected chi connectivity index (χ1v) is 13.0. The Morgan fingerprint density at radius 2 is 1.71 bits per heavy atom. The number of hydrogen-bond acceptors (Lipinski definition) is 6. The topological polar surface area (TPSA) is 55.8 Å². The molecule has 3 aliphatic rings. The number of hydrogen-bond donors (Lipinski definition) is 0. The molecule has 2 saturated heterocycles. The van der Waals surface area contributed by atoms with E-state index in [2.05, 4.69) is 14.7 Å². The van der Waals surface area contributed by atoms with Crippen molar-refractivity contribution in [3.05, 3.63) is 47.2 Å². The molecule has 7 heteroatoms. The standard InChI is InChI=1S/C27H38N6O/c1-30(2)26-23-20-33(25(34)19-21-9-5-3-6-10-21)18-13-24(23)28-27(29-26)32-16-11-22(12-17-32)31-14-7-4-8-15-31/h3,5-6,9-10,22H,4,7-8,11-20H2,1-2H3. The van der Waals surface area contributed by atoms with E-state index in [1.54, 1.807) is 0 Å². The molecule has 34 heavy (non-hydrogen) atoms. The molecule has 0 bridgehead atoms. The van der Waals surface area contributed by atoms with Gasteiger partial charge in [0.1, 0.15) is 5.82 Å². The molecule has 0 radical (unpaired) electrons. The number of carbonyl (C=O) groups excluding carboxylic acids is 1. The van der Waals surface area contributed by atoms with E-state index in [0.717, 1.165) is 54.6 Å². The normalized spacial score (nSPS) is 19.7. The summed E-state index contributed by atoms with van der Waals surface area (Å²) in [5.74, 6) is 1.99. The fourth-order valence-electron chi connectivity index (χ4n) is 5.71. The molecular weight excluding hydrogens is 424 g/mol. The van der Waals surface area contributed by atoms with Crippen molar-refractivity contribution in [3.8, 4) is 0 Å². The van der Waals surface area contributed by atoms with Crippen molar-refractivity contribution in [1.82, 2.24) is 19.8 Å². The molecule has 4 heterocycles. The van der Waals surface area contributed by atoms with E-state index in [-0.39, 0.29) is 5.91 Å². The van der Waals surface area contributed by atoms with Gasteiger partial charge in [-0.05, 0) is 44.3 Å². The highest BCUT2D eigenvalue weighted by atomic mass is 16.2. The molecule has 0 aliphatic carbocycles. The first-order chi connectivity index (χ1) is 16.6. The summed E-state index contributed by atoms with van der Waals surface area (Å²) in [6.45, 7) is 5.89. The quantitative estimate of drug-likeness (QED) is 0.681. The second-order valence-electron chi connectivity index (χ2n) is 10.2. The van der Waals surface area contributed by atoms with Crippen LogP contribution in [0.4, 0.5) is 11.8 Å². The molecule has 0 atom stereocenters. The lowest BCUT2D eigenvalue weighted by Gasteiger charge is -2.40. The number of aromatic nitrogens is 2. The first-order valence-electron chi connectivity index (χ1n) is 13.0. The SMILES string of the molecule is CN(C)c1nc(N2CCC(N3CCCCC3)CC2)nc2c1CN(C(=O)Cc1ccccc1)CC2. The molecule has 5 rings (SSSR count). The maximum atomic E-state index is 13.0. The molecule has 1 aromatic carbocycles. The van der Waals surface area contributed by atoms with E-state index >= 15 is 0 Å². The van der Waals surface area contributed by atoms with Crippen LogP contribution in [0.25, 0.3) is 0 Å². The smallest absolute Gasteiger partial charge is 0.227 e. The lowest BCUT2D eigenvalue weighted by atomic mass is 10.00. The second kappa shape index (κ2) is 10.3. The molecule has 182 valence electrons. The highest BCUT2D eigenvalue weighted by Gasteiger charge is 2.30. The summed E-state index contributed by atoms with van der Waals surface area (Å²) in [6, 6.07) is 10.7. The van der Waals surface area contributed by atoms with Gasteiger partial charge in [0.2, 0.25) is 11.9 Å². The molecule has 0 saturated carbocycles. The Morgan fingerprint density at radius 3 is 2.41 bits per heavy atom. The highest BCUT2D eigenvalue weighted by Crippen LogP contribution is 2.30. The number of carbonyl (C=O) groups is 1. The Balaban J connectivity index is 1.28. The number of piperidine rings is 2. The highest BCUT2D eigenvalue weighted by molar-refractivity contribution is 5.79. The Hall–Kier alpha value is -2.67. The monoisotopic (exact) mass is 462 g/mol. The minimum absolute atomic E-state index is 0.172. The van der Waals surface area contributed by atoms with Gasteiger partial charge in [0.15, 0.2) is 0 Å². The van der Waals surface area contributed by atoms with Crippen LogP contribution < -0.4 is 9.80 Å². The van der Waals surface area contributed by atoms with Crippen molar-refractivity contribution in [2.75, 3.05) is 56.6 Å². The number of benzene rings is 1. The van der Waals surface area contributed by atoms with Crippen LogP contribution in [0, 0.1) is 0 Å². The van der Waals surface area contributed by atoms with Crippen molar-refractivity contribution in [2.24, 2.45) is 0 Å². The van der Waals surface area contributed by atoms with Gasteiger partial charge in [-0.1, -0.05) is 36.8 Å². The van der Waals surface area contributed by atoms with E-state index in [4.69, 9.17) is 9.97 Å². The molecule has 0 unspecified atom stereocenters. The van der Waals surface area contributed by atoms with Crippen LogP contribution in [0.3, 0.4) is 0 Å². The lowest BCUT2D eigenvalue weighted by molar-refractivity contribution is -0.131. The molecular formula is C27H38N6O. The summed E-state index contributed by atoms with van der Waals surface area (Å²) >= 11 is 0.